The Morgan fingerprint density at radius 1 is 1.21 bits per heavy atom. The number of fused-ring (bicyclic) bond motifs is 1. The summed E-state index contributed by atoms with van der Waals surface area (Å²) in [6.45, 7) is 1.86. The number of carbonyl (C=O) groups is 3. The van der Waals surface area contributed by atoms with Crippen LogP contribution in [0.3, 0.4) is 0 Å². The van der Waals surface area contributed by atoms with Crippen LogP contribution in [0, 0.1) is 5.92 Å². The first-order valence-electron chi connectivity index (χ1n) is 9.08. The van der Waals surface area contributed by atoms with Gasteiger partial charge in [0.1, 0.15) is 6.04 Å². The molecule has 28 heavy (non-hydrogen) atoms. The van der Waals surface area contributed by atoms with E-state index in [1.54, 1.807) is 6.07 Å². The van der Waals surface area contributed by atoms with Crippen molar-refractivity contribution in [3.63, 3.8) is 0 Å². The maximum atomic E-state index is 12.7. The van der Waals surface area contributed by atoms with Crippen LogP contribution in [0.5, 0.6) is 0 Å². The molecule has 10 heteroatoms. The van der Waals surface area contributed by atoms with Crippen molar-refractivity contribution < 1.29 is 27.0 Å². The predicted molar refractivity (Wildman–Crippen MR) is 99.0 cm³/mol. The normalized spacial score (nSPS) is 22.9. The Hall–Kier alpha value is -2.46. The lowest BCUT2D eigenvalue weighted by Gasteiger charge is -2.40. The summed E-state index contributed by atoms with van der Waals surface area (Å²) in [5.74, 6) is -0.780. The fourth-order valence-corrected chi connectivity index (χ4v) is 4.30. The number of piperidine rings is 1. The average molecular weight is 407 g/mol. The largest absolute Gasteiger partial charge is 0.371 e. The molecule has 3 amide bonds. The maximum Gasteiger partial charge on any atom is 0.264 e. The lowest BCUT2D eigenvalue weighted by Crippen LogP contribution is -2.52. The molecule has 1 aromatic carbocycles. The third-order valence-corrected chi connectivity index (χ3v) is 5.91. The number of rotatable bonds is 5. The van der Waals surface area contributed by atoms with E-state index in [9.17, 15) is 22.8 Å². The second kappa shape index (κ2) is 6.85. The molecule has 150 valence electrons. The van der Waals surface area contributed by atoms with Gasteiger partial charge in [-0.1, -0.05) is 0 Å². The van der Waals surface area contributed by atoms with E-state index in [4.69, 9.17) is 4.18 Å². The van der Waals surface area contributed by atoms with Gasteiger partial charge in [0.25, 0.3) is 16.0 Å². The molecule has 0 saturated carbocycles. The molecule has 3 heterocycles. The monoisotopic (exact) mass is 407 g/mol. The molecule has 0 aromatic heterocycles. The van der Waals surface area contributed by atoms with E-state index in [-0.39, 0.29) is 30.8 Å². The summed E-state index contributed by atoms with van der Waals surface area (Å²) in [7, 11) is -3.43. The van der Waals surface area contributed by atoms with E-state index in [1.807, 2.05) is 12.1 Å². The number of imide groups is 1. The number of amides is 3. The third kappa shape index (κ3) is 3.61. The van der Waals surface area contributed by atoms with Crippen LogP contribution < -0.4 is 10.2 Å². The zero-order valence-electron chi connectivity index (χ0n) is 15.4. The number of nitrogens with zero attached hydrogens (tertiary/aromatic N) is 2. The zero-order valence-corrected chi connectivity index (χ0v) is 16.2. The number of hydrogen-bond acceptors (Lipinski definition) is 7. The molecule has 9 nitrogen and oxygen atoms in total. The molecule has 1 unspecified atom stereocenters. The Balaban J connectivity index is 1.41. The highest BCUT2D eigenvalue weighted by Gasteiger charge is 2.39. The fourth-order valence-electron chi connectivity index (χ4n) is 3.86. The molecule has 4 rings (SSSR count). The molecule has 1 N–H and O–H groups in total. The van der Waals surface area contributed by atoms with Gasteiger partial charge in [-0.15, -0.1) is 0 Å². The highest BCUT2D eigenvalue weighted by atomic mass is 32.2. The van der Waals surface area contributed by atoms with Gasteiger partial charge in [0, 0.05) is 43.2 Å². The second-order valence-electron chi connectivity index (χ2n) is 7.50. The van der Waals surface area contributed by atoms with E-state index in [0.717, 1.165) is 17.5 Å². The van der Waals surface area contributed by atoms with Crippen molar-refractivity contribution in [3.8, 4) is 0 Å². The van der Waals surface area contributed by atoms with Gasteiger partial charge >= 0.3 is 0 Å². The minimum Gasteiger partial charge on any atom is -0.371 e. The number of anilines is 1. The first kappa shape index (κ1) is 18.9. The van der Waals surface area contributed by atoms with Gasteiger partial charge in [-0.3, -0.25) is 23.9 Å². The summed E-state index contributed by atoms with van der Waals surface area (Å²) in [5.41, 5.74) is 2.38. The van der Waals surface area contributed by atoms with E-state index >= 15 is 0 Å². The van der Waals surface area contributed by atoms with Crippen LogP contribution in [0.15, 0.2) is 18.2 Å². The smallest absolute Gasteiger partial charge is 0.264 e. The standard InChI is InChI=1S/C18H21N3O6S/c1-28(25,26)27-10-11-7-20(8-11)13-2-3-14-12(6-13)9-21(18(14)24)15-4-5-16(22)19-17(15)23/h2-3,6,11,15H,4-5,7-10H2,1H3,(H,19,22,23). The predicted octanol–water partition coefficient (Wildman–Crippen LogP) is -0.140. The van der Waals surface area contributed by atoms with E-state index in [2.05, 4.69) is 10.2 Å². The van der Waals surface area contributed by atoms with Crippen molar-refractivity contribution >= 4 is 33.5 Å². The molecular weight excluding hydrogens is 386 g/mol. The van der Waals surface area contributed by atoms with Crippen molar-refractivity contribution in [3.05, 3.63) is 29.3 Å². The fraction of sp³-hybridized carbons (Fsp3) is 0.500. The molecule has 1 aromatic rings. The summed E-state index contributed by atoms with van der Waals surface area (Å²) in [5, 5.41) is 2.29. The quantitative estimate of drug-likeness (QED) is 0.534. The van der Waals surface area contributed by atoms with Crippen molar-refractivity contribution in [2.24, 2.45) is 5.92 Å². The number of benzene rings is 1. The Labute approximate surface area is 162 Å². The summed E-state index contributed by atoms with van der Waals surface area (Å²) in [6, 6.07) is 4.94. The molecule has 0 spiro atoms. The molecule has 2 fully saturated rings. The molecule has 1 atom stereocenters. The topological polar surface area (TPSA) is 113 Å². The summed E-state index contributed by atoms with van der Waals surface area (Å²) >= 11 is 0. The van der Waals surface area contributed by atoms with Crippen LogP contribution in [-0.4, -0.2) is 63.0 Å². The van der Waals surface area contributed by atoms with Gasteiger partial charge in [-0.05, 0) is 30.2 Å². The van der Waals surface area contributed by atoms with E-state index < -0.39 is 22.1 Å². The van der Waals surface area contributed by atoms with Crippen molar-refractivity contribution in [1.29, 1.82) is 0 Å². The summed E-state index contributed by atoms with van der Waals surface area (Å²) in [4.78, 5) is 39.7. The molecular formula is C18H21N3O6S. The minimum atomic E-state index is -3.43. The van der Waals surface area contributed by atoms with Gasteiger partial charge in [-0.2, -0.15) is 8.42 Å². The van der Waals surface area contributed by atoms with Gasteiger partial charge in [0.15, 0.2) is 0 Å². The van der Waals surface area contributed by atoms with Crippen LogP contribution in [0.25, 0.3) is 0 Å². The van der Waals surface area contributed by atoms with Crippen LogP contribution in [0.4, 0.5) is 5.69 Å². The van der Waals surface area contributed by atoms with Crippen molar-refractivity contribution in [2.45, 2.75) is 25.4 Å². The molecule has 0 bridgehead atoms. The van der Waals surface area contributed by atoms with Crippen molar-refractivity contribution in [1.82, 2.24) is 10.2 Å². The number of hydrogen-bond donors (Lipinski definition) is 1. The summed E-state index contributed by atoms with van der Waals surface area (Å²) < 4.78 is 27.0. The lowest BCUT2D eigenvalue weighted by molar-refractivity contribution is -0.136. The Kier molecular flexibility index (Phi) is 4.62. The third-order valence-electron chi connectivity index (χ3n) is 5.35. The lowest BCUT2D eigenvalue weighted by atomic mass is 9.99. The van der Waals surface area contributed by atoms with Gasteiger partial charge in [0.05, 0.1) is 12.9 Å². The first-order chi connectivity index (χ1) is 13.2. The van der Waals surface area contributed by atoms with E-state index in [1.165, 1.54) is 4.90 Å². The SMILES string of the molecule is CS(=O)(=O)OCC1CN(c2ccc3c(c2)CN(C2CCC(=O)NC2=O)C3=O)C1. The van der Waals surface area contributed by atoms with Crippen LogP contribution in [0.2, 0.25) is 0 Å². The highest BCUT2D eigenvalue weighted by molar-refractivity contribution is 7.85. The molecule has 3 aliphatic heterocycles. The second-order valence-corrected chi connectivity index (χ2v) is 9.15. The Bertz CT molecular complexity index is 954. The van der Waals surface area contributed by atoms with Crippen LogP contribution in [0.1, 0.15) is 28.8 Å². The molecule has 3 aliphatic rings. The molecule has 2 saturated heterocycles. The van der Waals surface area contributed by atoms with E-state index in [0.29, 0.717) is 31.6 Å². The molecule has 0 aliphatic carbocycles. The summed E-state index contributed by atoms with van der Waals surface area (Å²) in [6.07, 6.45) is 1.60. The minimum absolute atomic E-state index is 0.143. The first-order valence-corrected chi connectivity index (χ1v) is 10.9. The Morgan fingerprint density at radius 2 is 1.96 bits per heavy atom. The van der Waals surface area contributed by atoms with Crippen LogP contribution >= 0.6 is 0 Å². The number of nitrogens with one attached hydrogen (secondary N) is 1. The molecule has 0 radical (unpaired) electrons. The maximum absolute atomic E-state index is 12.7. The number of carbonyl (C=O) groups excluding carboxylic acids is 3. The van der Waals surface area contributed by atoms with Gasteiger partial charge < -0.3 is 9.80 Å². The zero-order chi connectivity index (χ0) is 20.1. The van der Waals surface area contributed by atoms with Gasteiger partial charge in [0.2, 0.25) is 11.8 Å². The van der Waals surface area contributed by atoms with Crippen LogP contribution in [-0.2, 0) is 30.4 Å². The average Bonchev–Trinajstić information content (AvgIpc) is 2.89. The highest BCUT2D eigenvalue weighted by Crippen LogP contribution is 2.32. The Morgan fingerprint density at radius 3 is 2.64 bits per heavy atom. The van der Waals surface area contributed by atoms with Gasteiger partial charge in [-0.25, -0.2) is 0 Å². The van der Waals surface area contributed by atoms with Crippen molar-refractivity contribution in [2.75, 3.05) is 30.9 Å².